The van der Waals surface area contributed by atoms with Crippen molar-refractivity contribution in [2.24, 2.45) is 0 Å². The first-order valence-corrected chi connectivity index (χ1v) is 21.9. The van der Waals surface area contributed by atoms with Crippen molar-refractivity contribution in [1.82, 2.24) is 0 Å². The molecule has 0 N–H and O–H groups in total. The minimum atomic E-state index is 0.833. The highest BCUT2D eigenvalue weighted by Crippen LogP contribution is 2.44. The van der Waals surface area contributed by atoms with E-state index in [1.54, 1.807) is 0 Å². The number of anilines is 12. The highest BCUT2D eigenvalue weighted by molar-refractivity contribution is 6.08. The predicted molar refractivity (Wildman–Crippen MR) is 272 cm³/mol. The van der Waals surface area contributed by atoms with E-state index in [0.29, 0.717) is 0 Å². The second-order valence-electron chi connectivity index (χ2n) is 15.9. The Balaban J connectivity index is 1.01. The topological polar surface area (TPSA) is 26.1 Å². The van der Waals surface area contributed by atoms with Crippen molar-refractivity contribution in [3.63, 3.8) is 0 Å². The molecule has 0 atom stereocenters. The molecule has 11 rings (SSSR count). The van der Waals surface area contributed by atoms with Crippen molar-refractivity contribution in [2.75, 3.05) is 19.6 Å². The van der Waals surface area contributed by atoms with Crippen LogP contribution in [0, 0.1) is 0 Å². The molecule has 5 heteroatoms. The van der Waals surface area contributed by atoms with E-state index in [1.807, 2.05) is 0 Å². The summed E-state index contributed by atoms with van der Waals surface area (Å²) in [5.74, 6) is 0. The van der Waals surface area contributed by atoms with Crippen LogP contribution in [0.1, 0.15) is 0 Å². The Bertz CT molecular complexity index is 3230. The maximum atomic E-state index is 6.57. The Kier molecular flexibility index (Phi) is 10.5. The lowest BCUT2D eigenvalue weighted by atomic mass is 10.1. The first kappa shape index (κ1) is 39.1. The van der Waals surface area contributed by atoms with E-state index in [4.69, 9.17) is 4.42 Å². The summed E-state index contributed by atoms with van der Waals surface area (Å²) < 4.78 is 6.57. The normalized spacial score (nSPS) is 11.1. The molecule has 65 heavy (non-hydrogen) atoms. The van der Waals surface area contributed by atoms with E-state index < -0.39 is 0 Å². The number of fused-ring (bicyclic) bond motifs is 3. The fourth-order valence-electron chi connectivity index (χ4n) is 8.80. The van der Waals surface area contributed by atoms with Gasteiger partial charge in [0, 0.05) is 79.0 Å². The van der Waals surface area contributed by atoms with Gasteiger partial charge in [-0.15, -0.1) is 0 Å². The average Bonchev–Trinajstić information content (AvgIpc) is 3.74. The smallest absolute Gasteiger partial charge is 0.135 e. The van der Waals surface area contributed by atoms with Crippen LogP contribution in [-0.4, -0.2) is 0 Å². The molecular formula is C60H44N4O. The molecule has 0 radical (unpaired) electrons. The van der Waals surface area contributed by atoms with Crippen LogP contribution >= 0.6 is 0 Å². The van der Waals surface area contributed by atoms with Crippen LogP contribution in [0.15, 0.2) is 271 Å². The van der Waals surface area contributed by atoms with Gasteiger partial charge in [-0.2, -0.15) is 0 Å². The van der Waals surface area contributed by atoms with Crippen LogP contribution in [0.5, 0.6) is 0 Å². The molecule has 0 saturated carbocycles. The van der Waals surface area contributed by atoms with Gasteiger partial charge in [-0.25, -0.2) is 0 Å². The summed E-state index contributed by atoms with van der Waals surface area (Å²) in [6, 6.07) is 93.9. The molecule has 0 saturated heterocycles. The molecule has 0 bridgehead atoms. The van der Waals surface area contributed by atoms with Gasteiger partial charge in [0.05, 0.1) is 0 Å². The second kappa shape index (κ2) is 17.5. The molecule has 11 aromatic rings. The fourth-order valence-corrected chi connectivity index (χ4v) is 8.80. The number of nitrogens with zero attached hydrogens (tertiary/aromatic N) is 4. The quantitative estimate of drug-likeness (QED) is 0.122. The molecule has 0 aliphatic heterocycles. The molecule has 5 nitrogen and oxygen atoms in total. The maximum Gasteiger partial charge on any atom is 0.135 e. The summed E-state index contributed by atoms with van der Waals surface area (Å²) in [4.78, 5) is 9.23. The number of hydrogen-bond donors (Lipinski definition) is 0. The van der Waals surface area contributed by atoms with Gasteiger partial charge in [0.15, 0.2) is 0 Å². The second-order valence-corrected chi connectivity index (χ2v) is 15.9. The number of furan rings is 1. The van der Waals surface area contributed by atoms with Crippen LogP contribution in [0.4, 0.5) is 68.2 Å². The first-order valence-electron chi connectivity index (χ1n) is 21.9. The molecule has 0 fully saturated rings. The molecule has 10 aromatic carbocycles. The lowest BCUT2D eigenvalue weighted by Crippen LogP contribution is -2.13. The lowest BCUT2D eigenvalue weighted by molar-refractivity contribution is 0.669. The number of hydrogen-bond acceptors (Lipinski definition) is 5. The van der Waals surface area contributed by atoms with Crippen molar-refractivity contribution in [3.8, 4) is 0 Å². The summed E-state index contributed by atoms with van der Waals surface area (Å²) in [7, 11) is 0. The van der Waals surface area contributed by atoms with Gasteiger partial charge in [0.2, 0.25) is 0 Å². The summed E-state index contributed by atoms with van der Waals surface area (Å²) >= 11 is 0. The third kappa shape index (κ3) is 7.84. The standard InChI is InChI=1S/C60H44N4O/c1-7-20-45(21-8-1)61(46-22-9-2-10-23-46)51-34-36-52(37-35-51)63(49-28-15-5-16-29-49)55-38-40-59-57(43-55)58-44-56(39-41-60(58)65-59)64(50-30-17-6-18-31-50)54-33-19-32-53(42-54)62(47-24-11-3-12-25-47)48-26-13-4-14-27-48/h1-44H. The SMILES string of the molecule is c1ccc(N(c2ccccc2)c2ccc(N(c3ccccc3)c3ccc4oc5ccc(N(c6ccccc6)c6cccc(N(c7ccccc7)c7ccccc7)c6)cc5c4c3)cc2)cc1. The number of rotatable bonds is 12. The van der Waals surface area contributed by atoms with Gasteiger partial charge < -0.3 is 24.0 Å². The van der Waals surface area contributed by atoms with E-state index in [9.17, 15) is 0 Å². The average molecular weight is 837 g/mol. The van der Waals surface area contributed by atoms with Crippen molar-refractivity contribution in [2.45, 2.75) is 0 Å². The molecule has 0 spiro atoms. The monoisotopic (exact) mass is 836 g/mol. The van der Waals surface area contributed by atoms with E-state index in [2.05, 4.69) is 287 Å². The third-order valence-corrected chi connectivity index (χ3v) is 11.8. The molecule has 0 amide bonds. The Morgan fingerprint density at radius 2 is 0.400 bits per heavy atom. The van der Waals surface area contributed by atoms with Gasteiger partial charge in [-0.05, 0) is 152 Å². The minimum Gasteiger partial charge on any atom is -0.456 e. The van der Waals surface area contributed by atoms with Crippen molar-refractivity contribution in [3.05, 3.63) is 267 Å². The van der Waals surface area contributed by atoms with Crippen LogP contribution in [0.2, 0.25) is 0 Å². The third-order valence-electron chi connectivity index (χ3n) is 11.8. The van der Waals surface area contributed by atoms with Gasteiger partial charge in [-0.1, -0.05) is 115 Å². The lowest BCUT2D eigenvalue weighted by Gasteiger charge is -2.29. The summed E-state index contributed by atoms with van der Waals surface area (Å²) in [5.41, 5.74) is 14.4. The van der Waals surface area contributed by atoms with Gasteiger partial charge in [0.25, 0.3) is 0 Å². The van der Waals surface area contributed by atoms with Gasteiger partial charge in [-0.3, -0.25) is 0 Å². The molecule has 0 aliphatic carbocycles. The highest BCUT2D eigenvalue weighted by atomic mass is 16.3. The molecule has 310 valence electrons. The van der Waals surface area contributed by atoms with Crippen LogP contribution in [0.3, 0.4) is 0 Å². The van der Waals surface area contributed by atoms with Crippen molar-refractivity contribution < 1.29 is 4.42 Å². The van der Waals surface area contributed by atoms with E-state index >= 15 is 0 Å². The summed E-state index contributed by atoms with van der Waals surface area (Å²) in [5, 5.41) is 2.08. The van der Waals surface area contributed by atoms with Crippen molar-refractivity contribution in [1.29, 1.82) is 0 Å². The Labute approximate surface area is 379 Å². The molecule has 1 aromatic heterocycles. The Morgan fingerprint density at radius 1 is 0.185 bits per heavy atom. The molecule has 0 unspecified atom stereocenters. The molecule has 0 aliphatic rings. The zero-order valence-electron chi connectivity index (χ0n) is 35.6. The van der Waals surface area contributed by atoms with Gasteiger partial charge >= 0.3 is 0 Å². The van der Waals surface area contributed by atoms with Gasteiger partial charge in [0.1, 0.15) is 11.2 Å². The summed E-state index contributed by atoms with van der Waals surface area (Å²) in [6.07, 6.45) is 0. The van der Waals surface area contributed by atoms with E-state index in [1.165, 1.54) is 0 Å². The van der Waals surface area contributed by atoms with Crippen LogP contribution in [-0.2, 0) is 0 Å². The van der Waals surface area contributed by atoms with E-state index in [-0.39, 0.29) is 0 Å². The predicted octanol–water partition coefficient (Wildman–Crippen LogP) is 17.5. The van der Waals surface area contributed by atoms with Crippen LogP contribution in [0.25, 0.3) is 21.9 Å². The number of para-hydroxylation sites is 6. The molecular weight excluding hydrogens is 793 g/mol. The highest BCUT2D eigenvalue weighted by Gasteiger charge is 2.21. The van der Waals surface area contributed by atoms with Crippen molar-refractivity contribution >= 4 is 90.2 Å². The first-order chi connectivity index (χ1) is 32.2. The summed E-state index contributed by atoms with van der Waals surface area (Å²) in [6.45, 7) is 0. The van der Waals surface area contributed by atoms with Crippen LogP contribution < -0.4 is 19.6 Å². The zero-order chi connectivity index (χ0) is 43.4. The number of benzene rings is 10. The Morgan fingerprint density at radius 3 is 0.708 bits per heavy atom. The van der Waals surface area contributed by atoms with E-state index in [0.717, 1.165) is 90.2 Å². The largest absolute Gasteiger partial charge is 0.456 e. The zero-order valence-corrected chi connectivity index (χ0v) is 35.6. The Hall–Kier alpha value is -8.80. The fraction of sp³-hybridized carbons (Fsp3) is 0. The molecule has 1 heterocycles. The minimum absolute atomic E-state index is 0.833. The maximum absolute atomic E-state index is 6.57.